The van der Waals surface area contributed by atoms with Crippen LogP contribution in [0.2, 0.25) is 0 Å². The van der Waals surface area contributed by atoms with Gasteiger partial charge in [0.2, 0.25) is 0 Å². The highest BCUT2D eigenvalue weighted by Crippen LogP contribution is 2.25. The predicted octanol–water partition coefficient (Wildman–Crippen LogP) is 1.32. The minimum Gasteiger partial charge on any atom is -0.491 e. The summed E-state index contributed by atoms with van der Waals surface area (Å²) in [6, 6.07) is 1.98. The molecule has 2 nitrogen and oxygen atoms in total. The normalized spacial score (nSPS) is 14.5. The van der Waals surface area contributed by atoms with Crippen molar-refractivity contribution in [2.75, 3.05) is 6.61 Å². The topological polar surface area (TPSA) is 22.1 Å². The molecule has 0 radical (unpaired) electrons. The van der Waals surface area contributed by atoms with E-state index in [1.54, 1.807) is 0 Å². The zero-order valence-corrected chi connectivity index (χ0v) is 5.92. The molecule has 1 aliphatic heterocycles. The van der Waals surface area contributed by atoms with Gasteiger partial charge in [-0.2, -0.15) is 0 Å². The first-order valence-electron chi connectivity index (χ1n) is 3.45. The first-order chi connectivity index (χ1) is 4.88. The zero-order chi connectivity index (χ0) is 6.97. The summed E-state index contributed by atoms with van der Waals surface area (Å²) in [4.78, 5) is 4.20. The highest BCUT2D eigenvalue weighted by Gasteiger charge is 2.14. The average Bonchev–Trinajstić information content (AvgIpc) is 2.36. The van der Waals surface area contributed by atoms with Gasteiger partial charge in [-0.05, 0) is 18.6 Å². The van der Waals surface area contributed by atoms with Gasteiger partial charge in [-0.3, -0.25) is 4.98 Å². The summed E-state index contributed by atoms with van der Waals surface area (Å²) in [5, 5.41) is 0. The Morgan fingerprint density at radius 1 is 1.60 bits per heavy atom. The Morgan fingerprint density at radius 2 is 2.50 bits per heavy atom. The molecule has 1 aromatic rings. The van der Waals surface area contributed by atoms with Crippen molar-refractivity contribution >= 4 is 0 Å². The summed E-state index contributed by atoms with van der Waals surface area (Å²) >= 11 is 0. The highest BCUT2D eigenvalue weighted by molar-refractivity contribution is 5.38. The number of hydrogen-bond acceptors (Lipinski definition) is 2. The lowest BCUT2D eigenvalue weighted by atomic mass is 10.2. The molecule has 0 amide bonds. The molecule has 10 heavy (non-hydrogen) atoms. The van der Waals surface area contributed by atoms with Crippen molar-refractivity contribution < 1.29 is 4.74 Å². The van der Waals surface area contributed by atoms with Crippen LogP contribution in [0.1, 0.15) is 11.3 Å². The lowest BCUT2D eigenvalue weighted by Crippen LogP contribution is -1.87. The van der Waals surface area contributed by atoms with E-state index in [-0.39, 0.29) is 0 Å². The van der Waals surface area contributed by atoms with E-state index < -0.39 is 0 Å². The molecule has 0 bridgehead atoms. The van der Waals surface area contributed by atoms with Crippen molar-refractivity contribution in [3.63, 3.8) is 0 Å². The maximum atomic E-state index is 5.37. The minimum atomic E-state index is 0.799. The number of hydrogen-bond donors (Lipinski definition) is 0. The monoisotopic (exact) mass is 135 g/mol. The molecule has 0 atom stereocenters. The largest absolute Gasteiger partial charge is 0.491 e. The lowest BCUT2D eigenvalue weighted by molar-refractivity contribution is 0.354. The van der Waals surface area contributed by atoms with Crippen LogP contribution < -0.4 is 4.74 Å². The van der Waals surface area contributed by atoms with Gasteiger partial charge in [0.05, 0.1) is 12.3 Å². The lowest BCUT2D eigenvalue weighted by Gasteiger charge is -1.99. The van der Waals surface area contributed by atoms with Gasteiger partial charge in [0.25, 0.3) is 0 Å². The predicted molar refractivity (Wildman–Crippen MR) is 38.2 cm³/mol. The fourth-order valence-corrected chi connectivity index (χ4v) is 1.23. The summed E-state index contributed by atoms with van der Waals surface area (Å²) in [6.07, 6.45) is 2.81. The number of pyridine rings is 1. The fourth-order valence-electron chi connectivity index (χ4n) is 1.23. The Labute approximate surface area is 59.9 Å². The van der Waals surface area contributed by atoms with Crippen molar-refractivity contribution in [1.82, 2.24) is 4.98 Å². The van der Waals surface area contributed by atoms with Crippen LogP contribution in [0.3, 0.4) is 0 Å². The van der Waals surface area contributed by atoms with E-state index in [0.29, 0.717) is 0 Å². The van der Waals surface area contributed by atoms with E-state index in [0.717, 1.165) is 24.5 Å². The molecule has 0 fully saturated rings. The summed E-state index contributed by atoms with van der Waals surface area (Å²) < 4.78 is 5.37. The molecule has 0 aromatic carbocycles. The average molecular weight is 135 g/mol. The molecular formula is C8H9NO. The molecule has 52 valence electrons. The van der Waals surface area contributed by atoms with Crippen LogP contribution in [0.15, 0.2) is 12.3 Å². The quantitative estimate of drug-likeness (QED) is 0.535. The molecule has 0 unspecified atom stereocenters. The van der Waals surface area contributed by atoms with Crippen LogP contribution in [0.4, 0.5) is 0 Å². The van der Waals surface area contributed by atoms with Crippen LogP contribution in [-0.2, 0) is 6.42 Å². The maximum Gasteiger partial charge on any atom is 0.143 e. The standard InChI is InChI=1S/C8H9NO/c1-6-2-4-9-7-3-5-10-8(6)7/h2,4H,3,5H2,1H3. The molecule has 1 aromatic heterocycles. The highest BCUT2D eigenvalue weighted by atomic mass is 16.5. The Kier molecular flexibility index (Phi) is 1.13. The van der Waals surface area contributed by atoms with Gasteiger partial charge in [-0.25, -0.2) is 0 Å². The van der Waals surface area contributed by atoms with E-state index in [9.17, 15) is 0 Å². The first kappa shape index (κ1) is 5.71. The Hall–Kier alpha value is -1.05. The van der Waals surface area contributed by atoms with Crippen LogP contribution in [-0.4, -0.2) is 11.6 Å². The zero-order valence-electron chi connectivity index (χ0n) is 5.92. The Morgan fingerprint density at radius 3 is 3.30 bits per heavy atom. The van der Waals surface area contributed by atoms with Crippen molar-refractivity contribution in [3.8, 4) is 5.75 Å². The summed E-state index contributed by atoms with van der Waals surface area (Å²) in [5.74, 6) is 1.00. The third-order valence-electron chi connectivity index (χ3n) is 1.76. The molecule has 2 heterocycles. The van der Waals surface area contributed by atoms with Gasteiger partial charge in [-0.1, -0.05) is 0 Å². The maximum absolute atomic E-state index is 5.37. The second-order valence-corrected chi connectivity index (χ2v) is 2.50. The van der Waals surface area contributed by atoms with Crippen molar-refractivity contribution in [1.29, 1.82) is 0 Å². The van der Waals surface area contributed by atoms with Gasteiger partial charge < -0.3 is 4.74 Å². The van der Waals surface area contributed by atoms with Gasteiger partial charge in [-0.15, -0.1) is 0 Å². The molecule has 0 saturated heterocycles. The van der Waals surface area contributed by atoms with E-state index in [2.05, 4.69) is 4.98 Å². The van der Waals surface area contributed by atoms with Crippen molar-refractivity contribution in [3.05, 3.63) is 23.5 Å². The van der Waals surface area contributed by atoms with Gasteiger partial charge >= 0.3 is 0 Å². The summed E-state index contributed by atoms with van der Waals surface area (Å²) in [5.41, 5.74) is 2.31. The number of ether oxygens (including phenoxy) is 1. The van der Waals surface area contributed by atoms with Gasteiger partial charge in [0, 0.05) is 12.6 Å². The van der Waals surface area contributed by atoms with Crippen molar-refractivity contribution in [2.45, 2.75) is 13.3 Å². The number of nitrogens with zero attached hydrogens (tertiary/aromatic N) is 1. The van der Waals surface area contributed by atoms with E-state index in [1.165, 1.54) is 5.56 Å². The van der Waals surface area contributed by atoms with Crippen LogP contribution in [0.25, 0.3) is 0 Å². The SMILES string of the molecule is Cc1ccnc2c1OCC2. The molecule has 0 aliphatic carbocycles. The molecule has 0 saturated carbocycles. The van der Waals surface area contributed by atoms with Crippen LogP contribution in [0, 0.1) is 6.92 Å². The number of aryl methyl sites for hydroxylation is 1. The summed E-state index contributed by atoms with van der Waals surface area (Å²) in [6.45, 7) is 2.85. The van der Waals surface area contributed by atoms with E-state index in [4.69, 9.17) is 4.74 Å². The van der Waals surface area contributed by atoms with Crippen LogP contribution >= 0.6 is 0 Å². The fraction of sp³-hybridized carbons (Fsp3) is 0.375. The number of rotatable bonds is 0. The van der Waals surface area contributed by atoms with Crippen molar-refractivity contribution in [2.24, 2.45) is 0 Å². The molecule has 2 rings (SSSR count). The molecule has 0 N–H and O–H groups in total. The number of fused-ring (bicyclic) bond motifs is 1. The molecule has 0 spiro atoms. The molecular weight excluding hydrogens is 126 g/mol. The smallest absolute Gasteiger partial charge is 0.143 e. The van der Waals surface area contributed by atoms with Gasteiger partial charge in [0.15, 0.2) is 0 Å². The number of aromatic nitrogens is 1. The molecule has 2 heteroatoms. The summed E-state index contributed by atoms with van der Waals surface area (Å²) in [7, 11) is 0. The van der Waals surface area contributed by atoms with E-state index in [1.807, 2.05) is 19.2 Å². The third-order valence-corrected chi connectivity index (χ3v) is 1.76. The Bertz CT molecular complexity index is 257. The first-order valence-corrected chi connectivity index (χ1v) is 3.45. The Balaban J connectivity index is 2.59. The second-order valence-electron chi connectivity index (χ2n) is 2.50. The minimum absolute atomic E-state index is 0.799. The second kappa shape index (κ2) is 1.97. The third kappa shape index (κ3) is 0.685. The molecule has 1 aliphatic rings. The van der Waals surface area contributed by atoms with E-state index >= 15 is 0 Å². The van der Waals surface area contributed by atoms with Crippen LogP contribution in [0.5, 0.6) is 5.75 Å². The van der Waals surface area contributed by atoms with Gasteiger partial charge in [0.1, 0.15) is 5.75 Å².